The Morgan fingerprint density at radius 2 is 2.06 bits per heavy atom. The number of carbonyl (C=O) groups excluding carboxylic acids is 2. The normalized spacial score (nSPS) is 11.9. The fourth-order valence-corrected chi connectivity index (χ4v) is 1.65. The van der Waals surface area contributed by atoms with Crippen LogP contribution in [0, 0.1) is 0 Å². The van der Waals surface area contributed by atoms with Gasteiger partial charge in [0, 0.05) is 11.0 Å². The lowest BCUT2D eigenvalue weighted by Crippen LogP contribution is -2.46. The van der Waals surface area contributed by atoms with Crippen molar-refractivity contribution in [3.05, 3.63) is 34.3 Å². The zero-order chi connectivity index (χ0) is 12.8. The maximum atomic E-state index is 11.4. The summed E-state index contributed by atoms with van der Waals surface area (Å²) < 4.78 is 0.968. The molecule has 0 saturated carbocycles. The number of rotatable bonds is 4. The van der Waals surface area contributed by atoms with Crippen LogP contribution in [0.1, 0.15) is 12.5 Å². The number of nitrogens with two attached hydrogens (primary N) is 1. The molecule has 1 unspecified atom stereocenters. The molecule has 0 aromatic heterocycles. The fourth-order valence-electron chi connectivity index (χ4n) is 1.23. The van der Waals surface area contributed by atoms with Crippen molar-refractivity contribution >= 4 is 27.9 Å². The van der Waals surface area contributed by atoms with E-state index in [9.17, 15) is 9.59 Å². The van der Waals surface area contributed by atoms with Crippen LogP contribution in [-0.4, -0.2) is 18.0 Å². The number of hydrogen-bond donors (Lipinski definition) is 3. The van der Waals surface area contributed by atoms with E-state index in [1.165, 1.54) is 0 Å². The molecule has 0 radical (unpaired) electrons. The Morgan fingerprint density at radius 3 is 2.65 bits per heavy atom. The number of hydrogen-bond acceptors (Lipinski definition) is 3. The van der Waals surface area contributed by atoms with Gasteiger partial charge in [-0.15, -0.1) is 0 Å². The highest BCUT2D eigenvalue weighted by atomic mass is 79.9. The van der Waals surface area contributed by atoms with Crippen LogP contribution >= 0.6 is 15.9 Å². The first-order valence-corrected chi connectivity index (χ1v) is 5.87. The van der Waals surface area contributed by atoms with E-state index in [0.29, 0.717) is 6.54 Å². The SMILES string of the molecule is CC(NCc1ccccc1Br)C(=O)NC(N)=O. The standard InChI is InChI=1S/C11H14BrN3O2/c1-7(10(16)15-11(13)17)14-6-8-4-2-3-5-9(8)12/h2-5,7,14H,6H2,1H3,(H3,13,15,16,17). The number of carbonyl (C=O) groups is 2. The van der Waals surface area contributed by atoms with Crippen molar-refractivity contribution in [3.63, 3.8) is 0 Å². The minimum Gasteiger partial charge on any atom is -0.351 e. The van der Waals surface area contributed by atoms with Crippen molar-refractivity contribution in [3.8, 4) is 0 Å². The number of urea groups is 1. The zero-order valence-electron chi connectivity index (χ0n) is 9.37. The molecule has 0 aliphatic carbocycles. The van der Waals surface area contributed by atoms with E-state index in [1.807, 2.05) is 29.6 Å². The molecule has 0 aliphatic heterocycles. The first-order chi connectivity index (χ1) is 8.00. The van der Waals surface area contributed by atoms with Gasteiger partial charge in [-0.3, -0.25) is 10.1 Å². The molecule has 6 heteroatoms. The van der Waals surface area contributed by atoms with Gasteiger partial charge in [-0.05, 0) is 18.6 Å². The molecule has 0 bridgehead atoms. The Hall–Kier alpha value is -1.40. The summed E-state index contributed by atoms with van der Waals surface area (Å²) in [7, 11) is 0. The van der Waals surface area contributed by atoms with Crippen molar-refractivity contribution in [2.45, 2.75) is 19.5 Å². The summed E-state index contributed by atoms with van der Waals surface area (Å²) in [6.07, 6.45) is 0. The van der Waals surface area contributed by atoms with E-state index in [0.717, 1.165) is 10.0 Å². The lowest BCUT2D eigenvalue weighted by molar-refractivity contribution is -0.121. The summed E-state index contributed by atoms with van der Waals surface area (Å²) in [6.45, 7) is 2.18. The number of amides is 3. The number of benzene rings is 1. The first kappa shape index (κ1) is 13.7. The molecular formula is C11H14BrN3O2. The van der Waals surface area contributed by atoms with E-state index in [1.54, 1.807) is 6.92 Å². The third-order valence-corrected chi connectivity index (χ3v) is 2.97. The summed E-state index contributed by atoms with van der Waals surface area (Å²) in [5.74, 6) is -0.440. The smallest absolute Gasteiger partial charge is 0.318 e. The summed E-state index contributed by atoms with van der Waals surface area (Å²) >= 11 is 3.41. The van der Waals surface area contributed by atoms with Crippen molar-refractivity contribution in [2.75, 3.05) is 0 Å². The average Bonchev–Trinajstić information content (AvgIpc) is 2.26. The molecule has 1 rings (SSSR count). The van der Waals surface area contributed by atoms with Crippen molar-refractivity contribution < 1.29 is 9.59 Å². The predicted octanol–water partition coefficient (Wildman–Crippen LogP) is 1.12. The van der Waals surface area contributed by atoms with Crippen molar-refractivity contribution in [1.29, 1.82) is 0 Å². The molecule has 0 aliphatic rings. The molecule has 1 aromatic carbocycles. The van der Waals surface area contributed by atoms with Crippen LogP contribution in [0.2, 0.25) is 0 Å². The molecule has 1 aromatic rings. The maximum Gasteiger partial charge on any atom is 0.318 e. The van der Waals surface area contributed by atoms with Crippen LogP contribution in [-0.2, 0) is 11.3 Å². The Kier molecular flexibility index (Phi) is 5.11. The second kappa shape index (κ2) is 6.36. The molecule has 0 spiro atoms. The van der Waals surface area contributed by atoms with Gasteiger partial charge in [0.2, 0.25) is 5.91 Å². The molecule has 92 valence electrons. The summed E-state index contributed by atoms with van der Waals surface area (Å²) in [5, 5.41) is 5.01. The van der Waals surface area contributed by atoms with Crippen molar-refractivity contribution in [2.24, 2.45) is 5.73 Å². The van der Waals surface area contributed by atoms with Crippen LogP contribution in [0.5, 0.6) is 0 Å². The van der Waals surface area contributed by atoms with Crippen molar-refractivity contribution in [1.82, 2.24) is 10.6 Å². The first-order valence-electron chi connectivity index (χ1n) is 5.08. The topological polar surface area (TPSA) is 84.2 Å². The monoisotopic (exact) mass is 299 g/mol. The fraction of sp³-hybridized carbons (Fsp3) is 0.273. The minimum absolute atomic E-state index is 0.440. The van der Waals surface area contributed by atoms with Gasteiger partial charge < -0.3 is 11.1 Å². The largest absolute Gasteiger partial charge is 0.351 e. The summed E-state index contributed by atoms with van der Waals surface area (Å²) in [5.41, 5.74) is 5.89. The Labute approximate surface area is 108 Å². The summed E-state index contributed by atoms with van der Waals surface area (Å²) in [6, 6.07) is 6.35. The highest BCUT2D eigenvalue weighted by Gasteiger charge is 2.13. The third-order valence-electron chi connectivity index (χ3n) is 2.20. The lowest BCUT2D eigenvalue weighted by Gasteiger charge is -2.13. The minimum atomic E-state index is -0.843. The van der Waals surface area contributed by atoms with Gasteiger partial charge in [0.25, 0.3) is 0 Å². The van der Waals surface area contributed by atoms with Crippen LogP contribution in [0.15, 0.2) is 28.7 Å². The molecule has 0 fully saturated rings. The highest BCUT2D eigenvalue weighted by molar-refractivity contribution is 9.10. The molecule has 1 atom stereocenters. The highest BCUT2D eigenvalue weighted by Crippen LogP contribution is 2.15. The second-order valence-corrected chi connectivity index (χ2v) is 4.40. The van der Waals surface area contributed by atoms with Crippen LogP contribution in [0.3, 0.4) is 0 Å². The number of imide groups is 1. The molecule has 3 amide bonds. The quantitative estimate of drug-likeness (QED) is 0.779. The molecule has 4 N–H and O–H groups in total. The average molecular weight is 300 g/mol. The maximum absolute atomic E-state index is 11.4. The molecule has 17 heavy (non-hydrogen) atoms. The summed E-state index contributed by atoms with van der Waals surface area (Å²) in [4.78, 5) is 21.9. The Morgan fingerprint density at radius 1 is 1.41 bits per heavy atom. The van der Waals surface area contributed by atoms with Gasteiger partial charge in [0.1, 0.15) is 0 Å². The number of nitrogens with one attached hydrogen (secondary N) is 2. The molecule has 0 heterocycles. The van der Waals surface area contributed by atoms with Crippen LogP contribution < -0.4 is 16.4 Å². The van der Waals surface area contributed by atoms with Gasteiger partial charge in [-0.1, -0.05) is 34.1 Å². The van der Waals surface area contributed by atoms with Gasteiger partial charge in [-0.25, -0.2) is 4.79 Å². The number of halogens is 1. The zero-order valence-corrected chi connectivity index (χ0v) is 11.0. The molecular weight excluding hydrogens is 286 g/mol. The van der Waals surface area contributed by atoms with Gasteiger partial charge in [0.15, 0.2) is 0 Å². The van der Waals surface area contributed by atoms with Gasteiger partial charge >= 0.3 is 6.03 Å². The van der Waals surface area contributed by atoms with E-state index < -0.39 is 18.0 Å². The molecule has 0 saturated heterocycles. The number of primary amides is 1. The van der Waals surface area contributed by atoms with Gasteiger partial charge in [0.05, 0.1) is 6.04 Å². The Bertz CT molecular complexity index is 423. The molecule has 5 nitrogen and oxygen atoms in total. The van der Waals surface area contributed by atoms with Crippen LogP contribution in [0.4, 0.5) is 4.79 Å². The van der Waals surface area contributed by atoms with E-state index in [4.69, 9.17) is 5.73 Å². The Balaban J connectivity index is 2.48. The third kappa shape index (κ3) is 4.54. The predicted molar refractivity (Wildman–Crippen MR) is 68.2 cm³/mol. The van der Waals surface area contributed by atoms with E-state index >= 15 is 0 Å². The van der Waals surface area contributed by atoms with Crippen LogP contribution in [0.25, 0.3) is 0 Å². The second-order valence-electron chi connectivity index (χ2n) is 3.55. The van der Waals surface area contributed by atoms with Gasteiger partial charge in [-0.2, -0.15) is 0 Å². The van der Waals surface area contributed by atoms with E-state index in [2.05, 4.69) is 21.2 Å². The van der Waals surface area contributed by atoms with E-state index in [-0.39, 0.29) is 0 Å². The lowest BCUT2D eigenvalue weighted by atomic mass is 10.2.